The standard InChI is InChI=1S/C49H32N6O.Pt/c1-29-24-30(2)43(31(3)25-29)42-28-52-48-38-26-34(18-20-36(38)45-40(54(42)48)16-10-22-50-45)56-35-19-21-37-39(27-35)49-53-44(32-12-6-4-7-13-32)47(33-14-8-5-9-15-33)55(49)41-17-11-23-51-46(37)41;/h4-25,28H,1-3H3;/q-2;+2. The van der Waals surface area contributed by atoms with Crippen LogP contribution in [0.25, 0.3) is 88.7 Å². The molecule has 0 atom stereocenters. The van der Waals surface area contributed by atoms with Crippen LogP contribution >= 0.6 is 0 Å². The van der Waals surface area contributed by atoms with Crippen molar-refractivity contribution in [1.82, 2.24) is 28.7 Å². The van der Waals surface area contributed by atoms with E-state index in [9.17, 15) is 0 Å². The molecule has 6 heterocycles. The molecule has 0 saturated heterocycles. The first-order valence-electron chi connectivity index (χ1n) is 18.6. The Labute approximate surface area is 342 Å². The van der Waals surface area contributed by atoms with Crippen LogP contribution in [0.15, 0.2) is 140 Å². The Morgan fingerprint density at radius 3 is 1.74 bits per heavy atom. The molecule has 57 heavy (non-hydrogen) atoms. The second kappa shape index (κ2) is 13.5. The summed E-state index contributed by atoms with van der Waals surface area (Å²) >= 11 is 0. The van der Waals surface area contributed by atoms with Gasteiger partial charge in [-0.3, -0.25) is 19.9 Å². The van der Waals surface area contributed by atoms with Crippen molar-refractivity contribution >= 4 is 54.9 Å². The number of nitrogens with zero attached hydrogens (tertiary/aromatic N) is 6. The quantitative estimate of drug-likeness (QED) is 0.127. The molecule has 0 N–H and O–H groups in total. The third-order valence-corrected chi connectivity index (χ3v) is 10.7. The van der Waals surface area contributed by atoms with Crippen LogP contribution in [0.5, 0.6) is 11.5 Å². The first kappa shape index (κ1) is 34.8. The van der Waals surface area contributed by atoms with Gasteiger partial charge in [0.05, 0.1) is 50.4 Å². The van der Waals surface area contributed by atoms with Gasteiger partial charge in [0, 0.05) is 41.2 Å². The Hall–Kier alpha value is -6.69. The van der Waals surface area contributed by atoms with Crippen molar-refractivity contribution in [3.05, 3.63) is 169 Å². The monoisotopic (exact) mass is 915 g/mol. The fraction of sp³-hybridized carbons (Fsp3) is 0.0612. The van der Waals surface area contributed by atoms with E-state index in [0.717, 1.165) is 83.1 Å². The molecule has 6 aromatic heterocycles. The van der Waals surface area contributed by atoms with Crippen molar-refractivity contribution in [3.8, 4) is 45.3 Å². The van der Waals surface area contributed by atoms with Crippen LogP contribution in [0, 0.1) is 32.9 Å². The Morgan fingerprint density at radius 1 is 0.561 bits per heavy atom. The molecule has 8 heteroatoms. The van der Waals surface area contributed by atoms with Gasteiger partial charge in [-0.05, 0) is 61.7 Å². The topological polar surface area (TPSA) is 69.6 Å². The van der Waals surface area contributed by atoms with Crippen molar-refractivity contribution in [2.75, 3.05) is 0 Å². The second-order valence-electron chi connectivity index (χ2n) is 14.3. The molecule has 7 nitrogen and oxygen atoms in total. The second-order valence-corrected chi connectivity index (χ2v) is 14.3. The zero-order valence-electron chi connectivity index (χ0n) is 31.2. The van der Waals surface area contributed by atoms with E-state index in [-0.39, 0.29) is 21.1 Å². The zero-order valence-corrected chi connectivity index (χ0v) is 33.5. The van der Waals surface area contributed by atoms with E-state index >= 15 is 0 Å². The summed E-state index contributed by atoms with van der Waals surface area (Å²) in [5, 5.41) is 3.54. The van der Waals surface area contributed by atoms with Crippen molar-refractivity contribution in [1.29, 1.82) is 0 Å². The van der Waals surface area contributed by atoms with E-state index in [4.69, 9.17) is 24.7 Å². The number of ether oxygens (including phenoxy) is 1. The first-order chi connectivity index (χ1) is 27.5. The molecule has 11 aromatic rings. The molecule has 0 spiro atoms. The van der Waals surface area contributed by atoms with Gasteiger partial charge in [0.2, 0.25) is 0 Å². The number of pyridine rings is 4. The van der Waals surface area contributed by atoms with E-state index < -0.39 is 0 Å². The first-order valence-corrected chi connectivity index (χ1v) is 18.6. The normalized spacial score (nSPS) is 11.6. The van der Waals surface area contributed by atoms with E-state index in [1.165, 1.54) is 22.3 Å². The van der Waals surface area contributed by atoms with Gasteiger partial charge in [0.1, 0.15) is 0 Å². The SMILES string of the molecule is Cc1cc(C)c(-c2cnc3c4[c-]c(Oc5[c-]c6c(cc5)c5ncccc5n5c(-c7ccccc7)c(-c7ccccc7)nc65)ccc4c4ncccc4n23)c(C)c1.[Pt+2]. The van der Waals surface area contributed by atoms with Crippen LogP contribution in [0.4, 0.5) is 0 Å². The number of aromatic nitrogens is 6. The maximum Gasteiger partial charge on any atom is 2.00 e. The van der Waals surface area contributed by atoms with Crippen LogP contribution in [-0.2, 0) is 21.1 Å². The minimum Gasteiger partial charge on any atom is -0.497 e. The van der Waals surface area contributed by atoms with E-state index in [2.05, 4.69) is 115 Å². The van der Waals surface area contributed by atoms with Crippen LogP contribution < -0.4 is 4.74 Å². The molecule has 0 amide bonds. The predicted octanol–water partition coefficient (Wildman–Crippen LogP) is 11.7. The maximum atomic E-state index is 6.64. The molecule has 0 aliphatic carbocycles. The predicted molar refractivity (Wildman–Crippen MR) is 224 cm³/mol. The summed E-state index contributed by atoms with van der Waals surface area (Å²) in [6.07, 6.45) is 5.63. The van der Waals surface area contributed by atoms with Gasteiger partial charge in [-0.1, -0.05) is 124 Å². The molecule has 5 aromatic carbocycles. The Kier molecular flexibility index (Phi) is 8.24. The van der Waals surface area contributed by atoms with Gasteiger partial charge in [0.25, 0.3) is 0 Å². The van der Waals surface area contributed by atoms with Crippen molar-refractivity contribution in [2.24, 2.45) is 0 Å². The number of imidazole rings is 2. The summed E-state index contributed by atoms with van der Waals surface area (Å²) in [6, 6.07) is 48.5. The third kappa shape index (κ3) is 5.45. The van der Waals surface area contributed by atoms with Gasteiger partial charge < -0.3 is 13.5 Å². The molecule has 0 saturated carbocycles. The molecule has 11 rings (SSSR count). The molecule has 0 bridgehead atoms. The number of aryl methyl sites for hydroxylation is 3. The zero-order chi connectivity index (χ0) is 37.5. The summed E-state index contributed by atoms with van der Waals surface area (Å²) in [4.78, 5) is 20.1. The van der Waals surface area contributed by atoms with Gasteiger partial charge in [-0.15, -0.1) is 12.1 Å². The van der Waals surface area contributed by atoms with Gasteiger partial charge >= 0.3 is 21.1 Å². The summed E-state index contributed by atoms with van der Waals surface area (Å²) < 4.78 is 11.1. The van der Waals surface area contributed by atoms with Gasteiger partial charge in [-0.25, -0.2) is 0 Å². The third-order valence-electron chi connectivity index (χ3n) is 10.7. The van der Waals surface area contributed by atoms with Crippen LogP contribution in [-0.4, -0.2) is 28.7 Å². The smallest absolute Gasteiger partial charge is 0.497 e. The van der Waals surface area contributed by atoms with Gasteiger partial charge in [-0.2, -0.15) is 0 Å². The maximum absolute atomic E-state index is 6.64. The van der Waals surface area contributed by atoms with Crippen molar-refractivity contribution in [3.63, 3.8) is 0 Å². The molecular formula is C49H32N6OPt. The number of hydrogen-bond acceptors (Lipinski definition) is 5. The van der Waals surface area contributed by atoms with Gasteiger partial charge in [0.15, 0.2) is 0 Å². The summed E-state index contributed by atoms with van der Waals surface area (Å²) in [6.45, 7) is 6.46. The Balaban J connectivity index is 0.00000396. The molecule has 274 valence electrons. The minimum absolute atomic E-state index is 0. The fourth-order valence-electron chi connectivity index (χ4n) is 8.52. The molecule has 0 aliphatic rings. The minimum atomic E-state index is 0. The summed E-state index contributed by atoms with van der Waals surface area (Å²) in [5.41, 5.74) is 15.1. The summed E-state index contributed by atoms with van der Waals surface area (Å²) in [7, 11) is 0. The van der Waals surface area contributed by atoms with Crippen molar-refractivity contribution in [2.45, 2.75) is 20.8 Å². The van der Waals surface area contributed by atoms with Crippen LogP contribution in [0.3, 0.4) is 0 Å². The summed E-state index contributed by atoms with van der Waals surface area (Å²) in [5.74, 6) is 1.09. The Morgan fingerprint density at radius 2 is 1.12 bits per heavy atom. The Bertz CT molecular complexity index is 3350. The number of rotatable bonds is 5. The average molecular weight is 916 g/mol. The van der Waals surface area contributed by atoms with E-state index in [1.54, 1.807) is 0 Å². The van der Waals surface area contributed by atoms with Crippen molar-refractivity contribution < 1.29 is 25.8 Å². The molecule has 0 aliphatic heterocycles. The fourth-order valence-corrected chi connectivity index (χ4v) is 8.52. The number of hydrogen-bond donors (Lipinski definition) is 0. The van der Waals surface area contributed by atoms with Crippen LogP contribution in [0.1, 0.15) is 16.7 Å². The molecule has 0 radical (unpaired) electrons. The number of benzene rings is 5. The molecular weight excluding hydrogens is 884 g/mol. The average Bonchev–Trinajstić information content (AvgIpc) is 3.85. The van der Waals surface area contributed by atoms with E-state index in [0.29, 0.717) is 11.5 Å². The van der Waals surface area contributed by atoms with E-state index in [1.807, 2.05) is 67.1 Å². The van der Waals surface area contributed by atoms with Crippen LogP contribution in [0.2, 0.25) is 0 Å². The molecule has 0 fully saturated rings. The molecule has 0 unspecified atom stereocenters. The largest absolute Gasteiger partial charge is 2.00 e. The number of fused-ring (bicyclic) bond motifs is 12.